The van der Waals surface area contributed by atoms with Crippen molar-refractivity contribution in [3.8, 4) is 0 Å². The number of hydrogen-bond donors (Lipinski definition) is 2. The number of thiophene rings is 1. The third kappa shape index (κ3) is 7.65. The average molecular weight is 474 g/mol. The summed E-state index contributed by atoms with van der Waals surface area (Å²) < 4.78 is 50.3. The Hall–Kier alpha value is -2.41. The largest absolute Gasteiger partial charge is 0.384 e. The first kappa shape index (κ1) is 24.9. The highest BCUT2D eigenvalue weighted by molar-refractivity contribution is 7.92. The predicted octanol–water partition coefficient (Wildman–Crippen LogP) is 1.36. The molecule has 9 nitrogen and oxygen atoms in total. The monoisotopic (exact) mass is 473 g/mol. The molecule has 0 aliphatic carbocycles. The Morgan fingerprint density at radius 1 is 1.19 bits per heavy atom. The Labute approximate surface area is 184 Å². The number of pyridine rings is 1. The van der Waals surface area contributed by atoms with Crippen molar-refractivity contribution in [3.63, 3.8) is 0 Å². The highest BCUT2D eigenvalue weighted by Crippen LogP contribution is 2.21. The van der Waals surface area contributed by atoms with Crippen molar-refractivity contribution in [2.45, 2.75) is 17.1 Å². The smallest absolute Gasteiger partial charge is 0.273 e. The maximum atomic E-state index is 13.6. The van der Waals surface area contributed by atoms with Crippen molar-refractivity contribution in [2.24, 2.45) is 5.92 Å². The lowest BCUT2D eigenvalue weighted by Gasteiger charge is -2.14. The van der Waals surface area contributed by atoms with Crippen LogP contribution in [-0.4, -0.2) is 59.2 Å². The molecule has 2 aromatic rings. The lowest BCUT2D eigenvalue weighted by Crippen LogP contribution is -2.33. The molecule has 0 spiro atoms. The van der Waals surface area contributed by atoms with E-state index in [4.69, 9.17) is 9.47 Å². The number of carbonyl (C=O) groups is 2. The first-order chi connectivity index (χ1) is 14.8. The number of hydrogen-bond acceptors (Lipinski definition) is 8. The van der Waals surface area contributed by atoms with Gasteiger partial charge in [-0.15, -0.1) is 11.3 Å². The van der Waals surface area contributed by atoms with E-state index in [9.17, 15) is 22.4 Å². The van der Waals surface area contributed by atoms with Crippen LogP contribution in [0.15, 0.2) is 34.7 Å². The zero-order chi connectivity index (χ0) is 22.9. The number of sulfonamides is 1. The van der Waals surface area contributed by atoms with E-state index < -0.39 is 27.7 Å². The fourth-order valence-electron chi connectivity index (χ4n) is 2.71. The molecular formula is C19H24FN3O6S2. The number of nitrogens with zero attached hydrogens (tertiary/aromatic N) is 1. The lowest BCUT2D eigenvalue weighted by atomic mass is 10.1. The van der Waals surface area contributed by atoms with Crippen LogP contribution in [-0.2, 0) is 30.7 Å². The molecule has 0 saturated heterocycles. The van der Waals surface area contributed by atoms with E-state index in [1.807, 2.05) is 4.72 Å². The van der Waals surface area contributed by atoms with Crippen molar-refractivity contribution in [1.29, 1.82) is 0 Å². The summed E-state index contributed by atoms with van der Waals surface area (Å²) in [6.45, 7) is 0.615. The van der Waals surface area contributed by atoms with Gasteiger partial charge >= 0.3 is 0 Å². The normalized spacial score (nSPS) is 11.5. The summed E-state index contributed by atoms with van der Waals surface area (Å²) in [5, 5.41) is 2.59. The molecule has 0 aliphatic heterocycles. The SMILES string of the molecule is COCC(COC)CC(=O)NS(=O)(=O)c1ccc(C(=O)NCCc2ncccc2F)s1. The third-order valence-electron chi connectivity index (χ3n) is 4.08. The molecule has 0 aromatic carbocycles. The molecule has 2 heterocycles. The van der Waals surface area contributed by atoms with Gasteiger partial charge in [0.25, 0.3) is 15.9 Å². The van der Waals surface area contributed by atoms with E-state index in [1.165, 1.54) is 44.7 Å². The minimum atomic E-state index is -4.12. The van der Waals surface area contributed by atoms with Crippen LogP contribution >= 0.6 is 11.3 Å². The van der Waals surface area contributed by atoms with Crippen LogP contribution in [0.5, 0.6) is 0 Å². The number of carbonyl (C=O) groups excluding carboxylic acids is 2. The van der Waals surface area contributed by atoms with Gasteiger partial charge < -0.3 is 14.8 Å². The summed E-state index contributed by atoms with van der Waals surface area (Å²) in [7, 11) is -1.17. The Kier molecular flexibility index (Phi) is 9.49. The van der Waals surface area contributed by atoms with Gasteiger partial charge in [0, 0.05) is 45.7 Å². The highest BCUT2D eigenvalue weighted by Gasteiger charge is 2.23. The summed E-state index contributed by atoms with van der Waals surface area (Å²) in [4.78, 5) is 28.4. The van der Waals surface area contributed by atoms with Crippen LogP contribution in [0.1, 0.15) is 21.8 Å². The molecular weight excluding hydrogens is 449 g/mol. The van der Waals surface area contributed by atoms with Gasteiger partial charge in [-0.3, -0.25) is 14.6 Å². The summed E-state index contributed by atoms with van der Waals surface area (Å²) in [5.74, 6) is -1.96. The van der Waals surface area contributed by atoms with Crippen LogP contribution in [0.25, 0.3) is 0 Å². The van der Waals surface area contributed by atoms with Crippen molar-refractivity contribution >= 4 is 33.2 Å². The van der Waals surface area contributed by atoms with Gasteiger partial charge in [0.05, 0.1) is 23.8 Å². The van der Waals surface area contributed by atoms with Crippen molar-refractivity contribution in [3.05, 3.63) is 46.9 Å². The van der Waals surface area contributed by atoms with E-state index in [2.05, 4.69) is 10.3 Å². The van der Waals surface area contributed by atoms with Gasteiger partial charge in [0.15, 0.2) is 0 Å². The molecule has 2 aromatic heterocycles. The molecule has 2 amide bonds. The van der Waals surface area contributed by atoms with Gasteiger partial charge in [-0.25, -0.2) is 17.5 Å². The maximum Gasteiger partial charge on any atom is 0.273 e. The van der Waals surface area contributed by atoms with Crippen molar-refractivity contribution < 1.29 is 31.9 Å². The van der Waals surface area contributed by atoms with Crippen LogP contribution in [0.2, 0.25) is 0 Å². The minimum absolute atomic E-state index is 0.0935. The molecule has 0 unspecified atom stereocenters. The maximum absolute atomic E-state index is 13.6. The molecule has 0 aliphatic rings. The third-order valence-corrected chi connectivity index (χ3v) is 7.03. The number of rotatable bonds is 12. The Balaban J connectivity index is 1.92. The lowest BCUT2D eigenvalue weighted by molar-refractivity contribution is -0.121. The fraction of sp³-hybridized carbons (Fsp3) is 0.421. The van der Waals surface area contributed by atoms with Crippen LogP contribution in [0, 0.1) is 11.7 Å². The Morgan fingerprint density at radius 3 is 2.55 bits per heavy atom. The number of aromatic nitrogens is 1. The van der Waals surface area contributed by atoms with E-state index in [0.717, 1.165) is 11.3 Å². The molecule has 0 saturated carbocycles. The van der Waals surface area contributed by atoms with Gasteiger partial charge in [0.2, 0.25) is 5.91 Å². The fourth-order valence-corrected chi connectivity index (χ4v) is 4.93. The van der Waals surface area contributed by atoms with E-state index >= 15 is 0 Å². The van der Waals surface area contributed by atoms with Gasteiger partial charge in [0.1, 0.15) is 10.0 Å². The predicted molar refractivity (Wildman–Crippen MR) is 112 cm³/mol. The Morgan fingerprint density at radius 2 is 1.90 bits per heavy atom. The van der Waals surface area contributed by atoms with Crippen LogP contribution in [0.3, 0.4) is 0 Å². The van der Waals surface area contributed by atoms with Gasteiger partial charge in [-0.05, 0) is 24.3 Å². The summed E-state index contributed by atoms with van der Waals surface area (Å²) >= 11 is 0.725. The van der Waals surface area contributed by atoms with Gasteiger partial charge in [-0.2, -0.15) is 0 Å². The number of ether oxygens (including phenoxy) is 2. The minimum Gasteiger partial charge on any atom is -0.384 e. The van der Waals surface area contributed by atoms with E-state index in [-0.39, 0.29) is 53.3 Å². The molecule has 31 heavy (non-hydrogen) atoms. The summed E-state index contributed by atoms with van der Waals surface area (Å²) in [5.41, 5.74) is 0.222. The van der Waals surface area contributed by atoms with Gasteiger partial charge in [-0.1, -0.05) is 0 Å². The van der Waals surface area contributed by atoms with E-state index in [1.54, 1.807) is 0 Å². The molecule has 0 bridgehead atoms. The van der Waals surface area contributed by atoms with Crippen molar-refractivity contribution in [1.82, 2.24) is 15.0 Å². The zero-order valence-corrected chi connectivity index (χ0v) is 18.7. The average Bonchev–Trinajstić information content (AvgIpc) is 3.21. The second-order valence-electron chi connectivity index (χ2n) is 6.57. The molecule has 0 radical (unpaired) electrons. The Bertz CT molecular complexity index is 990. The molecule has 0 fully saturated rings. The molecule has 0 atom stereocenters. The number of methoxy groups -OCH3 is 2. The number of amides is 2. The van der Waals surface area contributed by atoms with Crippen molar-refractivity contribution in [2.75, 3.05) is 34.0 Å². The highest BCUT2D eigenvalue weighted by atomic mass is 32.2. The molecule has 170 valence electrons. The molecule has 2 rings (SSSR count). The summed E-state index contributed by atoms with van der Waals surface area (Å²) in [6, 6.07) is 5.34. The molecule has 12 heteroatoms. The second-order valence-corrected chi connectivity index (χ2v) is 9.56. The van der Waals surface area contributed by atoms with Crippen LogP contribution < -0.4 is 10.0 Å². The topological polar surface area (TPSA) is 124 Å². The first-order valence-electron chi connectivity index (χ1n) is 9.27. The zero-order valence-electron chi connectivity index (χ0n) is 17.1. The summed E-state index contributed by atoms with van der Waals surface area (Å²) in [6.07, 6.45) is 1.55. The number of halogens is 1. The standard InChI is InChI=1S/C19H24FN3O6S2/c1-28-11-13(12-29-2)10-17(24)23-31(26,27)18-6-5-16(30-18)19(25)22-9-7-15-14(20)4-3-8-21-15/h3-6,8,13H,7,9-12H2,1-2H3,(H,22,25)(H,23,24). The molecule has 2 N–H and O–H groups in total. The quantitative estimate of drug-likeness (QED) is 0.477. The number of nitrogens with one attached hydrogen (secondary N) is 2. The first-order valence-corrected chi connectivity index (χ1v) is 11.6. The van der Waals surface area contributed by atoms with E-state index in [0.29, 0.717) is 0 Å². The second kappa shape index (κ2) is 11.8. The van der Waals surface area contributed by atoms with Crippen LogP contribution in [0.4, 0.5) is 4.39 Å².